The minimum Gasteiger partial charge on any atom is -0.375 e. The van der Waals surface area contributed by atoms with Gasteiger partial charge in [0, 0.05) is 13.1 Å². The summed E-state index contributed by atoms with van der Waals surface area (Å²) in [4.78, 5) is 27.7. The van der Waals surface area contributed by atoms with Crippen molar-refractivity contribution in [3.8, 4) is 0 Å². The molecular weight excluding hydrogens is 318 g/mol. The Kier molecular flexibility index (Phi) is 6.38. The lowest BCUT2D eigenvalue weighted by Crippen LogP contribution is -2.48. The van der Waals surface area contributed by atoms with Gasteiger partial charge in [-0.1, -0.05) is 23.7 Å². The number of halogens is 1. The minimum atomic E-state index is -0.205. The van der Waals surface area contributed by atoms with Crippen molar-refractivity contribution in [2.45, 2.75) is 13.0 Å². The molecule has 6 nitrogen and oxygen atoms in total. The number of hydrogen-bond donors (Lipinski definition) is 1. The Bertz CT molecular complexity index is 567. The van der Waals surface area contributed by atoms with Crippen molar-refractivity contribution in [1.82, 2.24) is 9.80 Å². The van der Waals surface area contributed by atoms with Gasteiger partial charge < -0.3 is 15.0 Å². The molecule has 0 bridgehead atoms. The molecule has 2 amide bonds. The van der Waals surface area contributed by atoms with E-state index < -0.39 is 0 Å². The Hall–Kier alpha value is -1.63. The first-order valence-corrected chi connectivity index (χ1v) is 7.96. The number of carbonyl (C=O) groups excluding carboxylic acids is 2. The fourth-order valence-electron chi connectivity index (χ4n) is 2.43. The molecule has 1 heterocycles. The molecule has 1 unspecified atom stereocenters. The highest BCUT2D eigenvalue weighted by Gasteiger charge is 2.22. The van der Waals surface area contributed by atoms with Crippen LogP contribution in [0.3, 0.4) is 0 Å². The van der Waals surface area contributed by atoms with Gasteiger partial charge >= 0.3 is 0 Å². The summed E-state index contributed by atoms with van der Waals surface area (Å²) >= 11 is 6.00. The van der Waals surface area contributed by atoms with Crippen LogP contribution in [0.4, 0.5) is 5.69 Å². The second kappa shape index (κ2) is 8.29. The SMILES string of the molecule is CC1CN(C(=O)CN(C)CC(=O)Nc2ccccc2Cl)CCO1. The van der Waals surface area contributed by atoms with Gasteiger partial charge in [-0.3, -0.25) is 14.5 Å². The molecule has 1 saturated heterocycles. The topological polar surface area (TPSA) is 61.9 Å². The van der Waals surface area contributed by atoms with Crippen molar-refractivity contribution in [3.63, 3.8) is 0 Å². The van der Waals surface area contributed by atoms with Gasteiger partial charge in [0.05, 0.1) is 36.5 Å². The Labute approximate surface area is 141 Å². The number of morpholine rings is 1. The highest BCUT2D eigenvalue weighted by Crippen LogP contribution is 2.20. The number of nitrogens with zero attached hydrogens (tertiary/aromatic N) is 2. The van der Waals surface area contributed by atoms with Crippen LogP contribution in [0.5, 0.6) is 0 Å². The quantitative estimate of drug-likeness (QED) is 0.882. The lowest BCUT2D eigenvalue weighted by Gasteiger charge is -2.32. The molecule has 0 spiro atoms. The van der Waals surface area contributed by atoms with Crippen LogP contribution < -0.4 is 5.32 Å². The molecule has 1 aliphatic rings. The molecule has 126 valence electrons. The van der Waals surface area contributed by atoms with Crippen LogP contribution in [-0.4, -0.2) is 67.6 Å². The smallest absolute Gasteiger partial charge is 0.238 e. The van der Waals surface area contributed by atoms with Crippen molar-refractivity contribution in [2.75, 3.05) is 45.2 Å². The third-order valence-electron chi connectivity index (χ3n) is 3.56. The molecule has 0 saturated carbocycles. The van der Waals surface area contributed by atoms with Crippen molar-refractivity contribution >= 4 is 29.1 Å². The van der Waals surface area contributed by atoms with Gasteiger partial charge in [0.25, 0.3) is 0 Å². The molecule has 0 aromatic heterocycles. The second-order valence-corrected chi connectivity index (χ2v) is 6.13. The average molecular weight is 340 g/mol. The molecule has 23 heavy (non-hydrogen) atoms. The highest BCUT2D eigenvalue weighted by molar-refractivity contribution is 6.33. The van der Waals surface area contributed by atoms with E-state index in [1.807, 2.05) is 6.92 Å². The van der Waals surface area contributed by atoms with Gasteiger partial charge in [-0.05, 0) is 26.1 Å². The van der Waals surface area contributed by atoms with Crippen molar-refractivity contribution in [2.24, 2.45) is 0 Å². The molecule has 1 aliphatic heterocycles. The van der Waals surface area contributed by atoms with Crippen molar-refractivity contribution < 1.29 is 14.3 Å². The number of likely N-dealkylation sites (N-methyl/N-ethyl adjacent to an activating group) is 1. The zero-order chi connectivity index (χ0) is 16.8. The molecule has 0 aliphatic carbocycles. The fraction of sp³-hybridized carbons (Fsp3) is 0.500. The van der Waals surface area contributed by atoms with E-state index >= 15 is 0 Å². The lowest BCUT2D eigenvalue weighted by molar-refractivity contribution is -0.139. The Morgan fingerprint density at radius 2 is 2.13 bits per heavy atom. The fourth-order valence-corrected chi connectivity index (χ4v) is 2.61. The number of nitrogens with one attached hydrogen (secondary N) is 1. The first-order chi connectivity index (χ1) is 11.0. The van der Waals surface area contributed by atoms with E-state index in [1.165, 1.54) is 0 Å². The number of hydrogen-bond acceptors (Lipinski definition) is 4. The minimum absolute atomic E-state index is 0.00759. The van der Waals surface area contributed by atoms with E-state index in [-0.39, 0.29) is 31.0 Å². The summed E-state index contributed by atoms with van der Waals surface area (Å²) < 4.78 is 5.42. The van der Waals surface area contributed by atoms with Gasteiger partial charge in [0.2, 0.25) is 11.8 Å². The van der Waals surface area contributed by atoms with E-state index in [0.717, 1.165) is 0 Å². The van der Waals surface area contributed by atoms with E-state index in [2.05, 4.69) is 5.32 Å². The summed E-state index contributed by atoms with van der Waals surface area (Å²) in [6, 6.07) is 7.05. The number of carbonyl (C=O) groups is 2. The van der Waals surface area contributed by atoms with Crippen LogP contribution in [0, 0.1) is 0 Å². The first-order valence-electron chi connectivity index (χ1n) is 7.58. The zero-order valence-corrected chi connectivity index (χ0v) is 14.2. The molecule has 2 rings (SSSR count). The summed E-state index contributed by atoms with van der Waals surface area (Å²) in [7, 11) is 1.74. The van der Waals surface area contributed by atoms with Gasteiger partial charge in [-0.25, -0.2) is 0 Å². The summed E-state index contributed by atoms with van der Waals surface area (Å²) in [5, 5.41) is 3.23. The van der Waals surface area contributed by atoms with E-state index in [9.17, 15) is 9.59 Å². The second-order valence-electron chi connectivity index (χ2n) is 5.72. The Balaban J connectivity index is 1.79. The Morgan fingerprint density at radius 3 is 2.83 bits per heavy atom. The largest absolute Gasteiger partial charge is 0.375 e. The van der Waals surface area contributed by atoms with Crippen LogP contribution in [0.25, 0.3) is 0 Å². The third kappa shape index (κ3) is 5.49. The van der Waals surface area contributed by atoms with E-state index in [1.54, 1.807) is 41.1 Å². The monoisotopic (exact) mass is 339 g/mol. The maximum absolute atomic E-state index is 12.2. The van der Waals surface area contributed by atoms with Crippen LogP contribution >= 0.6 is 11.6 Å². The van der Waals surface area contributed by atoms with Crippen molar-refractivity contribution in [3.05, 3.63) is 29.3 Å². The maximum atomic E-state index is 12.2. The number of amides is 2. The predicted molar refractivity (Wildman–Crippen MR) is 89.6 cm³/mol. The molecule has 1 atom stereocenters. The van der Waals surface area contributed by atoms with Gasteiger partial charge in [-0.2, -0.15) is 0 Å². The first kappa shape index (κ1) is 17.7. The number of ether oxygens (including phenoxy) is 1. The maximum Gasteiger partial charge on any atom is 0.238 e. The van der Waals surface area contributed by atoms with Crippen LogP contribution in [0.15, 0.2) is 24.3 Å². The molecular formula is C16H22ClN3O3. The molecule has 0 radical (unpaired) electrons. The summed E-state index contributed by atoms with van der Waals surface area (Å²) in [5.74, 6) is -0.197. The van der Waals surface area contributed by atoms with Crippen LogP contribution in [-0.2, 0) is 14.3 Å². The molecule has 1 aromatic carbocycles. The van der Waals surface area contributed by atoms with Crippen LogP contribution in [0.2, 0.25) is 5.02 Å². The zero-order valence-electron chi connectivity index (χ0n) is 13.4. The number of para-hydroxylation sites is 1. The molecule has 7 heteroatoms. The van der Waals surface area contributed by atoms with Gasteiger partial charge in [0.1, 0.15) is 0 Å². The molecule has 1 fully saturated rings. The van der Waals surface area contributed by atoms with Gasteiger partial charge in [-0.15, -0.1) is 0 Å². The van der Waals surface area contributed by atoms with Crippen molar-refractivity contribution in [1.29, 1.82) is 0 Å². The number of anilines is 1. The summed E-state index contributed by atoms with van der Waals surface area (Å²) in [6.45, 7) is 4.02. The molecule has 1 aromatic rings. The van der Waals surface area contributed by atoms with Crippen LogP contribution in [0.1, 0.15) is 6.92 Å². The average Bonchev–Trinajstić information content (AvgIpc) is 2.49. The van der Waals surface area contributed by atoms with Gasteiger partial charge in [0.15, 0.2) is 0 Å². The normalized spacial score (nSPS) is 18.1. The summed E-state index contributed by atoms with van der Waals surface area (Å²) in [5.41, 5.74) is 0.570. The Morgan fingerprint density at radius 1 is 1.39 bits per heavy atom. The lowest BCUT2D eigenvalue weighted by atomic mass is 10.3. The van der Waals surface area contributed by atoms with E-state index in [4.69, 9.17) is 16.3 Å². The highest BCUT2D eigenvalue weighted by atomic mass is 35.5. The summed E-state index contributed by atoms with van der Waals surface area (Å²) in [6.07, 6.45) is 0.0570. The molecule has 1 N–H and O–H groups in total. The predicted octanol–water partition coefficient (Wildman–Crippen LogP) is 1.46. The standard InChI is InChI=1S/C16H22ClN3O3/c1-12-9-20(7-8-23-12)16(22)11-19(2)10-15(21)18-14-6-4-3-5-13(14)17/h3-6,12H,7-11H2,1-2H3,(H,18,21). The third-order valence-corrected chi connectivity index (χ3v) is 3.89. The van der Waals surface area contributed by atoms with E-state index in [0.29, 0.717) is 30.4 Å². The number of rotatable bonds is 5. The number of benzene rings is 1.